The number of aliphatic imine (C=N–C) groups is 1. The van der Waals surface area contributed by atoms with Crippen molar-refractivity contribution < 1.29 is 9.59 Å². The van der Waals surface area contributed by atoms with Crippen LogP contribution in [0.2, 0.25) is 0 Å². The molecule has 1 rings (SSSR count). The Kier molecular flexibility index (Phi) is 2.12. The lowest BCUT2D eigenvalue weighted by Gasteiger charge is -2.08. The van der Waals surface area contributed by atoms with Gasteiger partial charge in [0, 0.05) is 6.21 Å². The summed E-state index contributed by atoms with van der Waals surface area (Å²) in [6, 6.07) is -0.995. The zero-order chi connectivity index (χ0) is 8.27. The number of hydrogen-bond donors (Lipinski definition) is 2. The van der Waals surface area contributed by atoms with Crippen LogP contribution in [0.1, 0.15) is 0 Å². The van der Waals surface area contributed by atoms with Gasteiger partial charge in [-0.2, -0.15) is 0 Å². The molecule has 11 heavy (non-hydrogen) atoms. The van der Waals surface area contributed by atoms with Gasteiger partial charge >= 0.3 is 0 Å². The van der Waals surface area contributed by atoms with E-state index in [9.17, 15) is 9.59 Å². The molecule has 0 aromatic carbocycles. The number of carbonyl (C=O) groups excluding carboxylic acids is 2. The molecule has 0 radical (unpaired) electrons. The minimum Gasteiger partial charge on any atom is -0.292 e. The molecule has 0 spiro atoms. The number of nitrogens with two attached hydrogens (primary N) is 1. The standard InChI is InChI=1S/C6H7N3O2/c7-9-6(11)5-4(10)2-1-3-8-5/h1-3,5H,7H2,(H,9,11). The first kappa shape index (κ1) is 7.62. The van der Waals surface area contributed by atoms with Crippen LogP contribution in [0.4, 0.5) is 0 Å². The SMILES string of the molecule is NNC(=O)C1N=CC=CC1=O. The summed E-state index contributed by atoms with van der Waals surface area (Å²) in [6.45, 7) is 0. The van der Waals surface area contributed by atoms with Crippen LogP contribution in [-0.2, 0) is 9.59 Å². The van der Waals surface area contributed by atoms with E-state index in [-0.39, 0.29) is 5.78 Å². The highest BCUT2D eigenvalue weighted by Gasteiger charge is 2.23. The smallest absolute Gasteiger partial charge is 0.266 e. The van der Waals surface area contributed by atoms with Crippen LogP contribution in [-0.4, -0.2) is 23.9 Å². The second-order valence-electron chi connectivity index (χ2n) is 1.97. The summed E-state index contributed by atoms with van der Waals surface area (Å²) in [5.41, 5.74) is 1.86. The van der Waals surface area contributed by atoms with Gasteiger partial charge < -0.3 is 0 Å². The summed E-state index contributed by atoms with van der Waals surface area (Å²) >= 11 is 0. The molecule has 0 aliphatic carbocycles. The lowest BCUT2D eigenvalue weighted by Crippen LogP contribution is -2.42. The predicted molar refractivity (Wildman–Crippen MR) is 38.8 cm³/mol. The number of amides is 1. The number of ketones is 1. The maximum absolute atomic E-state index is 10.9. The average Bonchev–Trinajstić information content (AvgIpc) is 2.04. The first-order valence-electron chi connectivity index (χ1n) is 3.00. The fraction of sp³-hybridized carbons (Fsp3) is 0.167. The molecule has 1 amide bonds. The van der Waals surface area contributed by atoms with E-state index in [1.807, 2.05) is 5.43 Å². The summed E-state index contributed by atoms with van der Waals surface area (Å²) < 4.78 is 0. The third-order valence-corrected chi connectivity index (χ3v) is 1.24. The van der Waals surface area contributed by atoms with Crippen molar-refractivity contribution in [2.75, 3.05) is 0 Å². The maximum Gasteiger partial charge on any atom is 0.266 e. The Bertz CT molecular complexity index is 244. The second kappa shape index (κ2) is 3.07. The molecule has 5 nitrogen and oxygen atoms in total. The van der Waals surface area contributed by atoms with Gasteiger partial charge in [-0.25, -0.2) is 5.84 Å². The van der Waals surface area contributed by atoms with Crippen molar-refractivity contribution >= 4 is 17.9 Å². The van der Waals surface area contributed by atoms with Crippen molar-refractivity contribution in [1.29, 1.82) is 0 Å². The molecule has 0 saturated heterocycles. The lowest BCUT2D eigenvalue weighted by molar-refractivity contribution is -0.128. The number of rotatable bonds is 1. The van der Waals surface area contributed by atoms with Gasteiger partial charge in [0.2, 0.25) is 0 Å². The summed E-state index contributed by atoms with van der Waals surface area (Å²) in [5.74, 6) is 3.88. The summed E-state index contributed by atoms with van der Waals surface area (Å²) in [4.78, 5) is 25.3. The molecular weight excluding hydrogens is 146 g/mol. The molecule has 1 unspecified atom stereocenters. The number of allylic oxidation sites excluding steroid dienone is 1. The van der Waals surface area contributed by atoms with Crippen LogP contribution in [0.25, 0.3) is 0 Å². The highest BCUT2D eigenvalue weighted by Crippen LogP contribution is 1.98. The van der Waals surface area contributed by atoms with E-state index in [1.165, 1.54) is 18.4 Å². The Hall–Kier alpha value is -1.49. The summed E-state index contributed by atoms with van der Waals surface area (Å²) in [5, 5.41) is 0. The first-order valence-corrected chi connectivity index (χ1v) is 3.00. The molecule has 0 bridgehead atoms. The fourth-order valence-corrected chi connectivity index (χ4v) is 0.714. The van der Waals surface area contributed by atoms with E-state index in [4.69, 9.17) is 5.84 Å². The number of nitrogens with one attached hydrogen (secondary N) is 1. The summed E-state index contributed by atoms with van der Waals surface area (Å²) in [7, 11) is 0. The molecular formula is C6H7N3O2. The van der Waals surface area contributed by atoms with Crippen molar-refractivity contribution in [1.82, 2.24) is 5.43 Å². The first-order chi connectivity index (χ1) is 5.25. The topological polar surface area (TPSA) is 84.5 Å². The molecule has 0 aromatic heterocycles. The normalized spacial score (nSPS) is 21.9. The number of hydrazine groups is 1. The van der Waals surface area contributed by atoms with Crippen LogP contribution < -0.4 is 11.3 Å². The molecule has 1 aliphatic rings. The van der Waals surface area contributed by atoms with E-state index < -0.39 is 11.9 Å². The minimum absolute atomic E-state index is 0.351. The quantitative estimate of drug-likeness (QED) is 0.209. The highest BCUT2D eigenvalue weighted by atomic mass is 16.2. The van der Waals surface area contributed by atoms with Gasteiger partial charge in [0.15, 0.2) is 11.8 Å². The number of nitrogens with zero attached hydrogens (tertiary/aromatic N) is 1. The van der Waals surface area contributed by atoms with Gasteiger partial charge in [0.05, 0.1) is 0 Å². The van der Waals surface area contributed by atoms with Gasteiger partial charge in [0.25, 0.3) is 5.91 Å². The lowest BCUT2D eigenvalue weighted by atomic mass is 10.1. The fourth-order valence-electron chi connectivity index (χ4n) is 0.714. The van der Waals surface area contributed by atoms with E-state index in [1.54, 1.807) is 0 Å². The third kappa shape index (κ3) is 1.50. The number of hydrogen-bond acceptors (Lipinski definition) is 4. The van der Waals surface area contributed by atoms with Crippen molar-refractivity contribution in [3.05, 3.63) is 12.2 Å². The van der Waals surface area contributed by atoms with Crippen molar-refractivity contribution in [3.63, 3.8) is 0 Å². The summed E-state index contributed by atoms with van der Waals surface area (Å²) in [6.07, 6.45) is 4.15. The van der Waals surface area contributed by atoms with Gasteiger partial charge in [-0.1, -0.05) is 0 Å². The molecule has 3 N–H and O–H groups in total. The van der Waals surface area contributed by atoms with Crippen molar-refractivity contribution in [2.24, 2.45) is 10.8 Å². The van der Waals surface area contributed by atoms with Crippen molar-refractivity contribution in [2.45, 2.75) is 6.04 Å². The predicted octanol–water partition coefficient (Wildman–Crippen LogP) is -1.45. The molecule has 0 aromatic rings. The van der Waals surface area contributed by atoms with Crippen LogP contribution in [0, 0.1) is 0 Å². The highest BCUT2D eigenvalue weighted by molar-refractivity contribution is 6.13. The molecule has 1 atom stereocenters. The molecule has 0 saturated carbocycles. The van der Waals surface area contributed by atoms with E-state index >= 15 is 0 Å². The molecule has 1 aliphatic heterocycles. The third-order valence-electron chi connectivity index (χ3n) is 1.24. The van der Waals surface area contributed by atoms with Crippen LogP contribution >= 0.6 is 0 Å². The maximum atomic E-state index is 10.9. The number of dihydropyridines is 1. The Morgan fingerprint density at radius 1 is 1.73 bits per heavy atom. The monoisotopic (exact) mass is 153 g/mol. The second-order valence-corrected chi connectivity index (χ2v) is 1.97. The zero-order valence-corrected chi connectivity index (χ0v) is 5.65. The Balaban J connectivity index is 2.73. The van der Waals surface area contributed by atoms with Gasteiger partial charge in [-0.15, -0.1) is 0 Å². The van der Waals surface area contributed by atoms with E-state index in [0.717, 1.165) is 0 Å². The largest absolute Gasteiger partial charge is 0.292 e. The van der Waals surface area contributed by atoms with Crippen LogP contribution in [0.15, 0.2) is 17.1 Å². The zero-order valence-electron chi connectivity index (χ0n) is 5.65. The van der Waals surface area contributed by atoms with E-state index in [2.05, 4.69) is 4.99 Å². The average molecular weight is 153 g/mol. The molecule has 0 fully saturated rings. The molecule has 58 valence electrons. The number of carbonyl (C=O) groups is 2. The van der Waals surface area contributed by atoms with Gasteiger partial charge in [-0.05, 0) is 12.2 Å². The Morgan fingerprint density at radius 2 is 2.45 bits per heavy atom. The van der Waals surface area contributed by atoms with Gasteiger partial charge in [0.1, 0.15) is 0 Å². The van der Waals surface area contributed by atoms with Crippen LogP contribution in [0.3, 0.4) is 0 Å². The van der Waals surface area contributed by atoms with Crippen molar-refractivity contribution in [3.8, 4) is 0 Å². The molecule has 5 heteroatoms. The minimum atomic E-state index is -0.995. The van der Waals surface area contributed by atoms with Crippen LogP contribution in [0.5, 0.6) is 0 Å². The molecule has 1 heterocycles. The Morgan fingerprint density at radius 3 is 3.00 bits per heavy atom. The van der Waals surface area contributed by atoms with E-state index in [0.29, 0.717) is 0 Å². The Labute approximate surface area is 62.9 Å². The van der Waals surface area contributed by atoms with Gasteiger partial charge in [-0.3, -0.25) is 20.0 Å².